The first kappa shape index (κ1) is 15.1. The maximum absolute atomic E-state index is 13.3. The Morgan fingerprint density at radius 1 is 1.10 bits per heavy atom. The van der Waals surface area contributed by atoms with Crippen LogP contribution in [0.15, 0.2) is 34.8 Å². The molecule has 1 heterocycles. The lowest BCUT2D eigenvalue weighted by molar-refractivity contribution is 0.171. The Morgan fingerprint density at radius 2 is 1.76 bits per heavy atom. The van der Waals surface area contributed by atoms with Gasteiger partial charge in [-0.1, -0.05) is 49.5 Å². The third-order valence-corrected chi connectivity index (χ3v) is 5.17. The summed E-state index contributed by atoms with van der Waals surface area (Å²) >= 11 is 13.0. The zero-order valence-electron chi connectivity index (χ0n) is 10.7. The summed E-state index contributed by atoms with van der Waals surface area (Å²) in [5.74, 6) is 0.993. The first-order chi connectivity index (χ1) is 10.1. The summed E-state index contributed by atoms with van der Waals surface area (Å²) in [6.45, 7) is 1.08. The van der Waals surface area contributed by atoms with Crippen molar-refractivity contribution in [1.29, 1.82) is 0 Å². The second-order valence-corrected chi connectivity index (χ2v) is 6.73. The van der Waals surface area contributed by atoms with Gasteiger partial charge in [-0.2, -0.15) is 0 Å². The Bertz CT molecular complexity index is 694. The van der Waals surface area contributed by atoms with E-state index in [0.29, 0.717) is 24.7 Å². The highest BCUT2D eigenvalue weighted by molar-refractivity contribution is 9.11. The molecule has 1 atom stereocenters. The lowest BCUT2D eigenvalue weighted by atomic mass is 10.0. The fraction of sp³-hybridized carbons (Fsp3) is 0.200. The van der Waals surface area contributed by atoms with Crippen molar-refractivity contribution in [3.63, 3.8) is 0 Å². The van der Waals surface area contributed by atoms with E-state index in [1.165, 1.54) is 6.07 Å². The van der Waals surface area contributed by atoms with Crippen molar-refractivity contribution in [1.82, 2.24) is 0 Å². The van der Waals surface area contributed by atoms with E-state index in [4.69, 9.17) is 21.1 Å². The van der Waals surface area contributed by atoms with Crippen molar-refractivity contribution in [2.24, 2.45) is 0 Å². The summed E-state index contributed by atoms with van der Waals surface area (Å²) in [7, 11) is 0. The van der Waals surface area contributed by atoms with Crippen LogP contribution in [0.5, 0.6) is 11.5 Å². The van der Waals surface area contributed by atoms with Gasteiger partial charge in [0.1, 0.15) is 19.0 Å². The molecule has 2 aromatic rings. The van der Waals surface area contributed by atoms with E-state index >= 15 is 0 Å². The summed E-state index contributed by atoms with van der Waals surface area (Å²) in [6.07, 6.45) is 0. The van der Waals surface area contributed by atoms with Gasteiger partial charge in [0.05, 0.1) is 9.85 Å². The van der Waals surface area contributed by atoms with Crippen LogP contribution < -0.4 is 9.47 Å². The Labute approximate surface area is 143 Å². The average Bonchev–Trinajstić information content (AvgIpc) is 2.48. The number of rotatable bonds is 2. The highest BCUT2D eigenvalue weighted by Crippen LogP contribution is 2.42. The normalized spacial score (nSPS) is 14.9. The molecule has 0 saturated carbocycles. The molecule has 0 radical (unpaired) electrons. The van der Waals surface area contributed by atoms with Crippen LogP contribution in [0.1, 0.15) is 16.0 Å². The van der Waals surface area contributed by atoms with Crippen molar-refractivity contribution in [3.05, 3.63) is 56.8 Å². The number of fused-ring (bicyclic) bond motifs is 1. The number of ether oxygens (including phenoxy) is 2. The molecule has 0 N–H and O–H groups in total. The van der Waals surface area contributed by atoms with Crippen LogP contribution >= 0.6 is 43.5 Å². The van der Waals surface area contributed by atoms with Gasteiger partial charge in [0.25, 0.3) is 0 Å². The number of hydrogen-bond donors (Lipinski definition) is 0. The number of alkyl halides is 1. The molecule has 1 aliphatic rings. The summed E-state index contributed by atoms with van der Waals surface area (Å²) in [6, 6.07) is 8.46. The number of hydrogen-bond acceptors (Lipinski definition) is 2. The minimum atomic E-state index is -0.429. The van der Waals surface area contributed by atoms with Gasteiger partial charge in [-0.25, -0.2) is 4.39 Å². The van der Waals surface area contributed by atoms with E-state index < -0.39 is 5.82 Å². The van der Waals surface area contributed by atoms with Gasteiger partial charge in [0.2, 0.25) is 0 Å². The van der Waals surface area contributed by atoms with Crippen molar-refractivity contribution in [3.8, 4) is 11.5 Å². The largest absolute Gasteiger partial charge is 0.486 e. The van der Waals surface area contributed by atoms with Gasteiger partial charge in [-0.15, -0.1) is 0 Å². The van der Waals surface area contributed by atoms with Crippen molar-refractivity contribution in [2.75, 3.05) is 13.2 Å². The molecule has 0 aliphatic carbocycles. The standard InChI is InChI=1S/C15H10Br2ClFO2/c16-10-7-14-13(20-3-4-21-14)6-9(10)15(17)8-1-2-12(19)11(18)5-8/h1-2,5-7,15H,3-4H2. The zero-order chi connectivity index (χ0) is 15.0. The SMILES string of the molecule is Fc1ccc(C(Br)c2cc3c(cc2Br)OCCO3)cc1Cl. The molecule has 2 nitrogen and oxygen atoms in total. The second kappa shape index (κ2) is 6.15. The summed E-state index contributed by atoms with van der Waals surface area (Å²) < 4.78 is 25.3. The molecular formula is C15H10Br2ClFO2. The molecule has 0 bridgehead atoms. The number of benzene rings is 2. The Kier molecular flexibility index (Phi) is 4.43. The van der Waals surface area contributed by atoms with Crippen LogP contribution in [0, 0.1) is 5.82 Å². The fourth-order valence-corrected chi connectivity index (χ4v) is 3.83. The molecule has 110 valence electrons. The zero-order valence-corrected chi connectivity index (χ0v) is 14.6. The first-order valence-corrected chi connectivity index (χ1v) is 8.33. The minimum absolute atomic E-state index is 0.102. The molecule has 0 fully saturated rings. The second-order valence-electron chi connectivity index (χ2n) is 4.55. The Balaban J connectivity index is 2.00. The highest BCUT2D eigenvalue weighted by atomic mass is 79.9. The molecule has 21 heavy (non-hydrogen) atoms. The minimum Gasteiger partial charge on any atom is -0.486 e. The van der Waals surface area contributed by atoms with Crippen molar-refractivity contribution < 1.29 is 13.9 Å². The fourth-order valence-electron chi connectivity index (χ4n) is 2.12. The van der Waals surface area contributed by atoms with Gasteiger partial charge in [-0.05, 0) is 35.4 Å². The average molecular weight is 437 g/mol. The van der Waals surface area contributed by atoms with Crippen LogP contribution in [-0.4, -0.2) is 13.2 Å². The van der Waals surface area contributed by atoms with Gasteiger partial charge >= 0.3 is 0 Å². The predicted octanol–water partition coefficient (Wildman–Crippen LogP) is 5.50. The molecule has 1 aliphatic heterocycles. The highest BCUT2D eigenvalue weighted by Gasteiger charge is 2.20. The molecule has 0 spiro atoms. The topological polar surface area (TPSA) is 18.5 Å². The lowest BCUT2D eigenvalue weighted by Gasteiger charge is -2.21. The van der Waals surface area contributed by atoms with Crippen LogP contribution in [0.25, 0.3) is 0 Å². The van der Waals surface area contributed by atoms with E-state index in [9.17, 15) is 4.39 Å². The number of halogens is 4. The molecule has 0 aromatic heterocycles. The first-order valence-electron chi connectivity index (χ1n) is 6.24. The third-order valence-electron chi connectivity index (χ3n) is 3.17. The quantitative estimate of drug-likeness (QED) is 0.579. The van der Waals surface area contributed by atoms with Gasteiger partial charge < -0.3 is 9.47 Å². The molecule has 1 unspecified atom stereocenters. The predicted molar refractivity (Wildman–Crippen MR) is 87.3 cm³/mol. The van der Waals surface area contributed by atoms with Crippen LogP contribution in [0.4, 0.5) is 4.39 Å². The van der Waals surface area contributed by atoms with Gasteiger partial charge in [0, 0.05) is 4.47 Å². The van der Waals surface area contributed by atoms with E-state index in [-0.39, 0.29) is 9.85 Å². The molecule has 2 aromatic carbocycles. The van der Waals surface area contributed by atoms with Gasteiger partial charge in [-0.3, -0.25) is 0 Å². The Hall–Kier alpha value is -0.780. The van der Waals surface area contributed by atoms with E-state index in [2.05, 4.69) is 31.9 Å². The van der Waals surface area contributed by atoms with E-state index in [1.807, 2.05) is 12.1 Å². The van der Waals surface area contributed by atoms with Crippen molar-refractivity contribution >= 4 is 43.5 Å². The summed E-state index contributed by atoms with van der Waals surface area (Å²) in [5.41, 5.74) is 1.82. The van der Waals surface area contributed by atoms with Crippen LogP contribution in [0.2, 0.25) is 5.02 Å². The van der Waals surface area contributed by atoms with Crippen molar-refractivity contribution in [2.45, 2.75) is 4.83 Å². The Morgan fingerprint density at radius 3 is 2.43 bits per heavy atom. The molecule has 0 saturated heterocycles. The monoisotopic (exact) mass is 434 g/mol. The van der Waals surface area contributed by atoms with E-state index in [1.54, 1.807) is 12.1 Å². The molecule has 0 amide bonds. The maximum Gasteiger partial charge on any atom is 0.162 e. The summed E-state index contributed by atoms with van der Waals surface area (Å²) in [5, 5.41) is 0.102. The lowest BCUT2D eigenvalue weighted by Crippen LogP contribution is -2.15. The maximum atomic E-state index is 13.3. The molecule has 3 rings (SSSR count). The smallest absolute Gasteiger partial charge is 0.162 e. The third kappa shape index (κ3) is 3.05. The molecular weight excluding hydrogens is 426 g/mol. The van der Waals surface area contributed by atoms with Gasteiger partial charge in [0.15, 0.2) is 11.5 Å². The van der Waals surface area contributed by atoms with E-state index in [0.717, 1.165) is 15.6 Å². The van der Waals surface area contributed by atoms with Crippen LogP contribution in [-0.2, 0) is 0 Å². The van der Waals surface area contributed by atoms with Crippen LogP contribution in [0.3, 0.4) is 0 Å². The molecule has 6 heteroatoms. The summed E-state index contributed by atoms with van der Waals surface area (Å²) in [4.78, 5) is -0.138.